The van der Waals surface area contributed by atoms with Crippen molar-refractivity contribution in [1.82, 2.24) is 13.8 Å². The second-order valence-electron chi connectivity index (χ2n) is 10.2. The molecule has 3 amide bonds. The van der Waals surface area contributed by atoms with Crippen molar-refractivity contribution >= 4 is 40.6 Å². The van der Waals surface area contributed by atoms with Crippen molar-refractivity contribution in [2.75, 3.05) is 19.6 Å². The molecule has 5 aromatic rings. The van der Waals surface area contributed by atoms with Gasteiger partial charge in [-0.3, -0.25) is 23.3 Å². The second kappa shape index (κ2) is 9.84. The Morgan fingerprint density at radius 1 is 0.725 bits per heavy atom. The van der Waals surface area contributed by atoms with E-state index in [1.165, 1.54) is 21.4 Å². The summed E-state index contributed by atoms with van der Waals surface area (Å²) in [5, 5.41) is 1.20. The molecule has 0 spiro atoms. The molecule has 196 valence electrons. The van der Waals surface area contributed by atoms with Gasteiger partial charge in [-0.05, 0) is 60.0 Å². The fraction of sp³-hybridized carbons (Fsp3) is 0.121. The average Bonchev–Trinajstić information content (AvgIpc) is 3.46. The highest BCUT2D eigenvalue weighted by molar-refractivity contribution is 7.98. The molecule has 1 aromatic heterocycles. The maximum absolute atomic E-state index is 13.1. The number of nitrogens with zero attached hydrogens (tertiary/aromatic N) is 3. The molecule has 0 atom stereocenters. The van der Waals surface area contributed by atoms with Gasteiger partial charge in [0.2, 0.25) is 0 Å². The molecule has 0 saturated carbocycles. The number of carbonyl (C=O) groups is 3. The topological polar surface area (TPSA) is 62.6 Å². The highest BCUT2D eigenvalue weighted by Crippen LogP contribution is 2.35. The molecule has 2 aliphatic heterocycles. The van der Waals surface area contributed by atoms with E-state index in [1.54, 1.807) is 41.1 Å². The molecule has 4 aromatic carbocycles. The third-order valence-electron chi connectivity index (χ3n) is 7.63. The van der Waals surface area contributed by atoms with Crippen molar-refractivity contribution in [1.29, 1.82) is 0 Å². The van der Waals surface area contributed by atoms with Gasteiger partial charge < -0.3 is 4.90 Å². The minimum atomic E-state index is -0.246. The fourth-order valence-corrected chi connectivity index (χ4v) is 6.44. The van der Waals surface area contributed by atoms with E-state index in [4.69, 9.17) is 0 Å². The minimum Gasteiger partial charge on any atom is -0.338 e. The molecule has 7 heteroatoms. The van der Waals surface area contributed by atoms with Gasteiger partial charge in [-0.1, -0.05) is 60.7 Å². The molecule has 0 bridgehead atoms. The Labute approximate surface area is 236 Å². The Hall–Kier alpha value is -4.62. The van der Waals surface area contributed by atoms with Crippen LogP contribution in [0.25, 0.3) is 22.0 Å². The lowest BCUT2D eigenvalue weighted by molar-refractivity contribution is 0.0383. The Kier molecular flexibility index (Phi) is 6.01. The molecule has 0 N–H and O–H groups in total. The minimum absolute atomic E-state index is 0.0343. The largest absolute Gasteiger partial charge is 0.338 e. The van der Waals surface area contributed by atoms with Crippen molar-refractivity contribution in [3.05, 3.63) is 126 Å². The maximum Gasteiger partial charge on any atom is 0.261 e. The Bertz CT molecular complexity index is 1740. The van der Waals surface area contributed by atoms with Crippen LogP contribution in [0.3, 0.4) is 0 Å². The number of para-hydroxylation sites is 1. The van der Waals surface area contributed by atoms with E-state index in [1.807, 2.05) is 36.4 Å². The van der Waals surface area contributed by atoms with Crippen LogP contribution in [-0.4, -0.2) is 51.1 Å². The fourth-order valence-electron chi connectivity index (χ4n) is 5.54. The van der Waals surface area contributed by atoms with Crippen LogP contribution in [0.2, 0.25) is 0 Å². The van der Waals surface area contributed by atoms with Crippen LogP contribution in [0.4, 0.5) is 0 Å². The van der Waals surface area contributed by atoms with Gasteiger partial charge in [0.05, 0.1) is 16.6 Å². The first-order valence-corrected chi connectivity index (χ1v) is 14.0. The number of aromatic nitrogens is 1. The molecular weight excluding hydrogens is 518 g/mol. The van der Waals surface area contributed by atoms with Crippen molar-refractivity contribution in [3.63, 3.8) is 0 Å². The summed E-state index contributed by atoms with van der Waals surface area (Å²) >= 11 is 1.62. The molecule has 2 aliphatic rings. The van der Waals surface area contributed by atoms with Crippen molar-refractivity contribution < 1.29 is 14.4 Å². The molecule has 1 saturated heterocycles. The second-order valence-corrected chi connectivity index (χ2v) is 11.3. The summed E-state index contributed by atoms with van der Waals surface area (Å²) in [6, 6.07) is 33.3. The summed E-state index contributed by atoms with van der Waals surface area (Å²) < 4.78 is 2.17. The molecule has 0 radical (unpaired) electrons. The van der Waals surface area contributed by atoms with Crippen LogP contribution in [0.5, 0.6) is 0 Å². The number of rotatable bonds is 6. The highest BCUT2D eigenvalue weighted by atomic mass is 32.2. The molecule has 3 heterocycles. The summed E-state index contributed by atoms with van der Waals surface area (Å²) in [7, 11) is 0. The number of likely N-dealkylation sites (tertiary alicyclic amines) is 1. The zero-order chi connectivity index (χ0) is 27.2. The van der Waals surface area contributed by atoms with E-state index in [9.17, 15) is 14.4 Å². The quantitative estimate of drug-likeness (QED) is 0.238. The van der Waals surface area contributed by atoms with Gasteiger partial charge in [0.25, 0.3) is 17.7 Å². The number of imide groups is 1. The number of carbonyl (C=O) groups excluding carboxylic acids is 3. The van der Waals surface area contributed by atoms with Crippen molar-refractivity contribution in [2.45, 2.75) is 4.90 Å². The first-order chi connectivity index (χ1) is 19.6. The van der Waals surface area contributed by atoms with Gasteiger partial charge in [0.15, 0.2) is 0 Å². The van der Waals surface area contributed by atoms with E-state index in [2.05, 4.69) is 52.6 Å². The van der Waals surface area contributed by atoms with Gasteiger partial charge in [0.1, 0.15) is 0 Å². The van der Waals surface area contributed by atoms with Crippen LogP contribution < -0.4 is 0 Å². The zero-order valence-electron chi connectivity index (χ0n) is 21.6. The smallest absolute Gasteiger partial charge is 0.261 e. The third kappa shape index (κ3) is 4.19. The van der Waals surface area contributed by atoms with Crippen molar-refractivity contribution in [3.8, 4) is 11.1 Å². The Morgan fingerprint density at radius 2 is 1.35 bits per heavy atom. The summed E-state index contributed by atoms with van der Waals surface area (Å²) in [6.45, 7) is 1.39. The molecule has 0 aliphatic carbocycles. The SMILES string of the molecule is O=C(c1ccc(Sn2cc(-c3ccccc3)c3ccccc32)cc1)N1CC(CN2C(=O)c3ccccc3C2=O)C1. The number of amides is 3. The summed E-state index contributed by atoms with van der Waals surface area (Å²) in [5.41, 5.74) is 5.05. The lowest BCUT2D eigenvalue weighted by Crippen LogP contribution is -2.54. The van der Waals surface area contributed by atoms with Crippen LogP contribution in [0.15, 0.2) is 114 Å². The molecular formula is C33H25N3O3S. The monoisotopic (exact) mass is 543 g/mol. The number of fused-ring (bicyclic) bond motifs is 2. The maximum atomic E-state index is 13.1. The third-order valence-corrected chi connectivity index (χ3v) is 8.61. The molecule has 1 fully saturated rings. The van der Waals surface area contributed by atoms with Crippen LogP contribution in [-0.2, 0) is 0 Å². The summed E-state index contributed by atoms with van der Waals surface area (Å²) in [5.74, 6) is -0.440. The Morgan fingerprint density at radius 3 is 2.05 bits per heavy atom. The van der Waals surface area contributed by atoms with E-state index in [-0.39, 0.29) is 23.6 Å². The molecule has 0 unspecified atom stereocenters. The normalized spacial score (nSPS) is 15.0. The number of hydrogen-bond acceptors (Lipinski definition) is 4. The lowest BCUT2D eigenvalue weighted by Gasteiger charge is -2.40. The average molecular weight is 544 g/mol. The standard InChI is InChI=1S/C33H25N3O3S/c37-31(34-18-22(19-34)20-35-32(38)27-11-4-5-12-28(27)33(35)39)24-14-16-25(17-15-24)40-36-21-29(23-8-2-1-3-9-23)26-10-6-7-13-30(26)36/h1-17,21-22H,18-20H2. The van der Waals surface area contributed by atoms with Crippen LogP contribution in [0.1, 0.15) is 31.1 Å². The number of hydrogen-bond donors (Lipinski definition) is 0. The number of benzene rings is 4. The van der Waals surface area contributed by atoms with E-state index in [0.29, 0.717) is 36.3 Å². The molecule has 6 nitrogen and oxygen atoms in total. The van der Waals surface area contributed by atoms with Gasteiger partial charge >= 0.3 is 0 Å². The van der Waals surface area contributed by atoms with Gasteiger partial charge in [-0.15, -0.1) is 0 Å². The van der Waals surface area contributed by atoms with E-state index >= 15 is 0 Å². The lowest BCUT2D eigenvalue weighted by atomic mass is 9.98. The van der Waals surface area contributed by atoms with Crippen molar-refractivity contribution in [2.24, 2.45) is 5.92 Å². The van der Waals surface area contributed by atoms with Crippen LogP contribution in [0, 0.1) is 5.92 Å². The predicted molar refractivity (Wildman–Crippen MR) is 156 cm³/mol. The first kappa shape index (κ1) is 24.4. The summed E-state index contributed by atoms with van der Waals surface area (Å²) in [4.78, 5) is 42.5. The highest BCUT2D eigenvalue weighted by Gasteiger charge is 2.40. The zero-order valence-corrected chi connectivity index (χ0v) is 22.4. The van der Waals surface area contributed by atoms with Gasteiger partial charge in [-0.25, -0.2) is 0 Å². The predicted octanol–water partition coefficient (Wildman–Crippen LogP) is 6.23. The molecule has 7 rings (SSSR count). The van der Waals surface area contributed by atoms with Crippen LogP contribution >= 0.6 is 11.9 Å². The van der Waals surface area contributed by atoms with E-state index < -0.39 is 0 Å². The summed E-state index contributed by atoms with van der Waals surface area (Å²) in [6.07, 6.45) is 2.16. The van der Waals surface area contributed by atoms with Gasteiger partial charge in [0, 0.05) is 53.2 Å². The van der Waals surface area contributed by atoms with Gasteiger partial charge in [-0.2, -0.15) is 0 Å². The molecule has 40 heavy (non-hydrogen) atoms. The first-order valence-electron chi connectivity index (χ1n) is 13.3. The van der Waals surface area contributed by atoms with E-state index in [0.717, 1.165) is 10.4 Å². The Balaban J connectivity index is 1.00.